The molecule has 31 heavy (non-hydrogen) atoms. The van der Waals surface area contributed by atoms with E-state index in [4.69, 9.17) is 0 Å². The number of hydrogen-bond acceptors (Lipinski definition) is 6. The van der Waals surface area contributed by atoms with Gasteiger partial charge in [0.15, 0.2) is 0 Å². The summed E-state index contributed by atoms with van der Waals surface area (Å²) < 4.78 is 25.3. The Labute approximate surface area is 182 Å². The fraction of sp³-hybridized carbons (Fsp3) is 0.364. The lowest BCUT2D eigenvalue weighted by molar-refractivity contribution is -0.119. The number of likely N-dealkylation sites (N-methyl/N-ethyl adjacent to an activating group) is 1. The van der Waals surface area contributed by atoms with Gasteiger partial charge in [0.25, 0.3) is 5.91 Å². The van der Waals surface area contributed by atoms with Crippen LogP contribution in [0.15, 0.2) is 48.5 Å². The van der Waals surface area contributed by atoms with Gasteiger partial charge in [-0.1, -0.05) is 6.92 Å². The molecular formula is C22H26N4O4S. The van der Waals surface area contributed by atoms with E-state index in [1.165, 1.54) is 24.3 Å². The molecule has 4 rings (SSSR count). The van der Waals surface area contributed by atoms with Crippen molar-refractivity contribution in [2.75, 3.05) is 53.5 Å². The molecule has 2 aromatic carbocycles. The van der Waals surface area contributed by atoms with Crippen molar-refractivity contribution >= 4 is 38.9 Å². The average Bonchev–Trinajstić information content (AvgIpc) is 2.96. The van der Waals surface area contributed by atoms with Crippen LogP contribution in [0.3, 0.4) is 0 Å². The van der Waals surface area contributed by atoms with Gasteiger partial charge in [0, 0.05) is 43.1 Å². The van der Waals surface area contributed by atoms with Crippen molar-refractivity contribution < 1.29 is 18.0 Å². The van der Waals surface area contributed by atoms with Crippen molar-refractivity contribution in [1.29, 1.82) is 0 Å². The van der Waals surface area contributed by atoms with Gasteiger partial charge in [-0.2, -0.15) is 0 Å². The molecule has 0 aromatic heterocycles. The number of nitrogens with one attached hydrogen (secondary N) is 1. The van der Waals surface area contributed by atoms with Gasteiger partial charge >= 0.3 is 0 Å². The molecule has 2 aromatic rings. The van der Waals surface area contributed by atoms with Crippen LogP contribution in [-0.4, -0.2) is 64.1 Å². The summed E-state index contributed by atoms with van der Waals surface area (Å²) >= 11 is 0. The van der Waals surface area contributed by atoms with Gasteiger partial charge in [0.2, 0.25) is 15.9 Å². The van der Waals surface area contributed by atoms with E-state index in [1.807, 2.05) is 24.3 Å². The maximum Gasteiger partial charge on any atom is 0.255 e. The molecule has 9 heteroatoms. The highest BCUT2D eigenvalue weighted by Gasteiger charge is 2.41. The Hall–Kier alpha value is -2.91. The molecule has 2 aliphatic rings. The predicted molar refractivity (Wildman–Crippen MR) is 121 cm³/mol. The van der Waals surface area contributed by atoms with Crippen LogP contribution in [0.5, 0.6) is 0 Å². The second kappa shape index (κ2) is 8.32. The van der Waals surface area contributed by atoms with E-state index in [0.717, 1.165) is 36.2 Å². The number of anilines is 3. The van der Waals surface area contributed by atoms with Crippen molar-refractivity contribution in [2.45, 2.75) is 6.92 Å². The Morgan fingerprint density at radius 3 is 2.06 bits per heavy atom. The summed E-state index contributed by atoms with van der Waals surface area (Å²) in [7, 11) is -1.54. The molecule has 164 valence electrons. The van der Waals surface area contributed by atoms with Crippen LogP contribution in [-0.2, 0) is 14.8 Å². The van der Waals surface area contributed by atoms with Crippen LogP contribution in [0.1, 0.15) is 17.3 Å². The number of hydrogen-bond donors (Lipinski definition) is 1. The first-order chi connectivity index (χ1) is 14.7. The van der Waals surface area contributed by atoms with E-state index in [1.54, 1.807) is 6.92 Å². The molecule has 2 fully saturated rings. The summed E-state index contributed by atoms with van der Waals surface area (Å²) in [6.07, 6.45) is 0. The highest BCUT2D eigenvalue weighted by atomic mass is 32.2. The van der Waals surface area contributed by atoms with E-state index in [2.05, 4.69) is 22.2 Å². The molecule has 0 unspecified atom stereocenters. The largest absolute Gasteiger partial charge is 0.369 e. The summed E-state index contributed by atoms with van der Waals surface area (Å²) in [6, 6.07) is 13.7. The molecule has 8 nitrogen and oxygen atoms in total. The SMILES string of the molecule is C[C@@H]1CS(=O)(=O)N(c2ccc(C(=O)Nc3ccc(N4CCN(C)CC4)cc3)cc2)C1=O. The third kappa shape index (κ3) is 4.42. The fourth-order valence-corrected chi connectivity index (χ4v) is 5.68. The van der Waals surface area contributed by atoms with E-state index in [0.29, 0.717) is 11.3 Å². The van der Waals surface area contributed by atoms with Crippen LogP contribution >= 0.6 is 0 Å². The zero-order valence-corrected chi connectivity index (χ0v) is 18.4. The summed E-state index contributed by atoms with van der Waals surface area (Å²) in [5.74, 6) is -1.51. The van der Waals surface area contributed by atoms with Gasteiger partial charge in [-0.3, -0.25) is 9.59 Å². The molecule has 0 aliphatic carbocycles. The number of amides is 2. The molecular weight excluding hydrogens is 416 g/mol. The number of rotatable bonds is 4. The number of carbonyl (C=O) groups is 2. The maximum absolute atomic E-state index is 12.6. The van der Waals surface area contributed by atoms with E-state index >= 15 is 0 Å². The summed E-state index contributed by atoms with van der Waals surface area (Å²) in [5, 5.41) is 2.85. The number of carbonyl (C=O) groups excluding carboxylic acids is 2. The Bertz CT molecular complexity index is 1080. The quantitative estimate of drug-likeness (QED) is 0.779. The van der Waals surface area contributed by atoms with Crippen molar-refractivity contribution in [1.82, 2.24) is 4.90 Å². The van der Waals surface area contributed by atoms with E-state index in [9.17, 15) is 18.0 Å². The summed E-state index contributed by atoms with van der Waals surface area (Å²) in [4.78, 5) is 29.4. The van der Waals surface area contributed by atoms with Crippen LogP contribution in [0.2, 0.25) is 0 Å². The molecule has 0 saturated carbocycles. The zero-order chi connectivity index (χ0) is 22.2. The Morgan fingerprint density at radius 2 is 1.52 bits per heavy atom. The van der Waals surface area contributed by atoms with Gasteiger partial charge in [0.1, 0.15) is 0 Å². The van der Waals surface area contributed by atoms with Crippen LogP contribution < -0.4 is 14.5 Å². The number of sulfonamides is 1. The monoisotopic (exact) mass is 442 g/mol. The van der Waals surface area contributed by atoms with E-state index < -0.39 is 21.8 Å². The molecule has 2 aliphatic heterocycles. The second-order valence-corrected chi connectivity index (χ2v) is 9.98. The van der Waals surface area contributed by atoms with Gasteiger partial charge in [0.05, 0.1) is 17.4 Å². The predicted octanol–water partition coefficient (Wildman–Crippen LogP) is 2.00. The summed E-state index contributed by atoms with van der Waals surface area (Å²) in [6.45, 7) is 5.59. The lowest BCUT2D eigenvalue weighted by Gasteiger charge is -2.34. The van der Waals surface area contributed by atoms with Gasteiger partial charge in [-0.15, -0.1) is 0 Å². The first kappa shape index (κ1) is 21.3. The topological polar surface area (TPSA) is 90.0 Å². The lowest BCUT2D eigenvalue weighted by Crippen LogP contribution is -2.44. The minimum atomic E-state index is -3.66. The first-order valence-corrected chi connectivity index (χ1v) is 11.9. The molecule has 1 N–H and O–H groups in total. The van der Waals surface area contributed by atoms with Crippen molar-refractivity contribution in [3.05, 3.63) is 54.1 Å². The van der Waals surface area contributed by atoms with Crippen LogP contribution in [0, 0.1) is 5.92 Å². The standard InChI is InChI=1S/C22H26N4O4S/c1-16-15-31(29,30)26(22(16)28)20-7-3-17(4-8-20)21(27)23-18-5-9-19(10-6-18)25-13-11-24(2)12-14-25/h3-10,16H,11-15H2,1-2H3,(H,23,27)/t16-/m1/s1. The van der Waals surface area contributed by atoms with Crippen LogP contribution in [0.4, 0.5) is 17.1 Å². The Morgan fingerprint density at radius 1 is 0.935 bits per heavy atom. The third-order valence-corrected chi connectivity index (χ3v) is 7.59. The number of benzene rings is 2. The number of nitrogens with zero attached hydrogens (tertiary/aromatic N) is 3. The van der Waals surface area contributed by atoms with Crippen LogP contribution in [0.25, 0.3) is 0 Å². The molecule has 2 saturated heterocycles. The first-order valence-electron chi connectivity index (χ1n) is 10.3. The Balaban J connectivity index is 1.42. The zero-order valence-electron chi connectivity index (χ0n) is 17.6. The van der Waals surface area contributed by atoms with Gasteiger partial charge in [-0.05, 0) is 55.6 Å². The molecule has 0 radical (unpaired) electrons. The second-order valence-electron chi connectivity index (χ2n) is 8.12. The average molecular weight is 443 g/mol. The third-order valence-electron chi connectivity index (χ3n) is 5.72. The van der Waals surface area contributed by atoms with Crippen molar-refractivity contribution in [3.8, 4) is 0 Å². The fourth-order valence-electron chi connectivity index (χ4n) is 3.86. The molecule has 2 heterocycles. The minimum absolute atomic E-state index is 0.196. The normalized spacial score (nSPS) is 21.4. The van der Waals surface area contributed by atoms with Gasteiger partial charge in [-0.25, -0.2) is 12.7 Å². The van der Waals surface area contributed by atoms with Crippen molar-refractivity contribution in [3.63, 3.8) is 0 Å². The number of piperazine rings is 1. The minimum Gasteiger partial charge on any atom is -0.369 e. The Kier molecular flexibility index (Phi) is 5.72. The van der Waals surface area contributed by atoms with E-state index in [-0.39, 0.29) is 17.3 Å². The van der Waals surface area contributed by atoms with Crippen molar-refractivity contribution in [2.24, 2.45) is 5.92 Å². The highest BCUT2D eigenvalue weighted by molar-refractivity contribution is 7.94. The molecule has 1 atom stereocenters. The summed E-state index contributed by atoms with van der Waals surface area (Å²) in [5.41, 5.74) is 2.44. The van der Waals surface area contributed by atoms with Gasteiger partial charge < -0.3 is 15.1 Å². The highest BCUT2D eigenvalue weighted by Crippen LogP contribution is 2.28. The smallest absolute Gasteiger partial charge is 0.255 e. The molecule has 0 bridgehead atoms. The molecule has 0 spiro atoms. The lowest BCUT2D eigenvalue weighted by atomic mass is 10.1. The maximum atomic E-state index is 12.6. The molecule has 2 amide bonds.